The van der Waals surface area contributed by atoms with Crippen LogP contribution in [0, 0.1) is 0 Å². The molecular formula is C15H25N3OS. The first-order chi connectivity index (χ1) is 9.83. The highest BCUT2D eigenvalue weighted by Gasteiger charge is 2.34. The number of nitrogens with zero attached hydrogens (tertiary/aromatic N) is 2. The summed E-state index contributed by atoms with van der Waals surface area (Å²) in [5, 5.41) is 4.72. The number of anilines is 1. The van der Waals surface area contributed by atoms with Crippen LogP contribution in [0.25, 0.3) is 0 Å². The van der Waals surface area contributed by atoms with E-state index in [-0.39, 0.29) is 0 Å². The van der Waals surface area contributed by atoms with Crippen molar-refractivity contribution >= 4 is 16.5 Å². The molecule has 0 bridgehead atoms. The molecule has 2 fully saturated rings. The van der Waals surface area contributed by atoms with E-state index in [1.165, 1.54) is 41.4 Å². The highest BCUT2D eigenvalue weighted by Crippen LogP contribution is 2.45. The second-order valence-corrected chi connectivity index (χ2v) is 6.83. The van der Waals surface area contributed by atoms with Gasteiger partial charge in [-0.15, -0.1) is 11.3 Å². The normalized spacial score (nSPS) is 18.5. The second-order valence-electron chi connectivity index (χ2n) is 5.77. The van der Waals surface area contributed by atoms with Crippen molar-refractivity contribution in [2.75, 3.05) is 31.7 Å². The summed E-state index contributed by atoms with van der Waals surface area (Å²) in [5.74, 6) is 0.733. The smallest absolute Gasteiger partial charge is 0.186 e. The van der Waals surface area contributed by atoms with Gasteiger partial charge in [0.2, 0.25) is 0 Å². The lowest BCUT2D eigenvalue weighted by Crippen LogP contribution is -2.24. The molecular weight excluding hydrogens is 270 g/mol. The van der Waals surface area contributed by atoms with Crippen molar-refractivity contribution < 1.29 is 4.74 Å². The van der Waals surface area contributed by atoms with Gasteiger partial charge in [0.15, 0.2) is 5.13 Å². The maximum Gasteiger partial charge on any atom is 0.186 e. The zero-order chi connectivity index (χ0) is 13.9. The van der Waals surface area contributed by atoms with Gasteiger partial charge >= 0.3 is 0 Å². The Morgan fingerprint density at radius 2 is 2.15 bits per heavy atom. The largest absolute Gasteiger partial charge is 0.383 e. The fourth-order valence-corrected chi connectivity index (χ4v) is 3.84. The van der Waals surface area contributed by atoms with E-state index in [0.29, 0.717) is 0 Å². The Kier molecular flexibility index (Phi) is 4.58. The quantitative estimate of drug-likeness (QED) is 0.711. The first kappa shape index (κ1) is 14.3. The summed E-state index contributed by atoms with van der Waals surface area (Å²) in [7, 11) is 1.75. The van der Waals surface area contributed by atoms with E-state index in [4.69, 9.17) is 9.72 Å². The van der Waals surface area contributed by atoms with Gasteiger partial charge < -0.3 is 15.0 Å². The minimum Gasteiger partial charge on any atom is -0.383 e. The molecule has 1 heterocycles. The zero-order valence-electron chi connectivity index (χ0n) is 12.5. The molecule has 2 aliphatic rings. The Hall–Kier alpha value is -0.650. The van der Waals surface area contributed by atoms with Gasteiger partial charge in [-0.1, -0.05) is 0 Å². The van der Waals surface area contributed by atoms with Crippen molar-refractivity contribution in [2.24, 2.45) is 0 Å². The van der Waals surface area contributed by atoms with Crippen molar-refractivity contribution in [3.63, 3.8) is 0 Å². The number of hydrogen-bond acceptors (Lipinski definition) is 5. The first-order valence-corrected chi connectivity index (χ1v) is 8.61. The Morgan fingerprint density at radius 1 is 1.35 bits per heavy atom. The average Bonchev–Trinajstić information content (AvgIpc) is 3.35. The molecule has 2 saturated carbocycles. The third-order valence-electron chi connectivity index (χ3n) is 4.02. The van der Waals surface area contributed by atoms with Gasteiger partial charge in [-0.05, 0) is 32.6 Å². The molecule has 0 unspecified atom stereocenters. The van der Waals surface area contributed by atoms with Crippen LogP contribution in [0.15, 0.2) is 0 Å². The zero-order valence-corrected chi connectivity index (χ0v) is 13.3. The predicted molar refractivity (Wildman–Crippen MR) is 83.7 cm³/mol. The highest BCUT2D eigenvalue weighted by atomic mass is 32.1. The lowest BCUT2D eigenvalue weighted by Gasteiger charge is -2.18. The maximum atomic E-state index is 5.09. The van der Waals surface area contributed by atoms with Crippen LogP contribution in [0.2, 0.25) is 0 Å². The number of aromatic nitrogens is 1. The molecule has 2 aliphatic carbocycles. The van der Waals surface area contributed by atoms with Crippen LogP contribution in [0.3, 0.4) is 0 Å². The Balaban J connectivity index is 1.68. The number of ether oxygens (including phenoxy) is 1. The topological polar surface area (TPSA) is 37.4 Å². The first-order valence-electron chi connectivity index (χ1n) is 7.79. The number of thiazole rings is 1. The molecule has 0 aromatic carbocycles. The van der Waals surface area contributed by atoms with E-state index in [9.17, 15) is 0 Å². The van der Waals surface area contributed by atoms with Crippen LogP contribution in [0.4, 0.5) is 5.13 Å². The summed E-state index contributed by atoms with van der Waals surface area (Å²) >= 11 is 1.90. The fourth-order valence-electron chi connectivity index (χ4n) is 2.59. The van der Waals surface area contributed by atoms with Gasteiger partial charge in [-0.25, -0.2) is 4.98 Å². The van der Waals surface area contributed by atoms with Crippen LogP contribution in [0.1, 0.15) is 49.1 Å². The van der Waals surface area contributed by atoms with Crippen LogP contribution in [-0.2, 0) is 11.3 Å². The molecule has 0 radical (unpaired) electrons. The molecule has 0 atom stereocenters. The van der Waals surface area contributed by atoms with Gasteiger partial charge in [-0.3, -0.25) is 0 Å². The molecule has 1 aromatic heterocycles. The summed E-state index contributed by atoms with van der Waals surface area (Å²) in [5.41, 5.74) is 1.37. The van der Waals surface area contributed by atoms with Gasteiger partial charge in [0.1, 0.15) is 0 Å². The van der Waals surface area contributed by atoms with Crippen molar-refractivity contribution in [3.05, 3.63) is 10.6 Å². The molecule has 20 heavy (non-hydrogen) atoms. The molecule has 0 spiro atoms. The van der Waals surface area contributed by atoms with E-state index in [1.807, 2.05) is 11.3 Å². The lowest BCUT2D eigenvalue weighted by atomic mass is 10.2. The fraction of sp³-hybridized carbons (Fsp3) is 0.800. The van der Waals surface area contributed by atoms with Gasteiger partial charge in [0.25, 0.3) is 0 Å². The van der Waals surface area contributed by atoms with Gasteiger partial charge in [-0.2, -0.15) is 0 Å². The van der Waals surface area contributed by atoms with E-state index < -0.39 is 0 Å². The summed E-state index contributed by atoms with van der Waals surface area (Å²) < 4.78 is 5.09. The molecule has 4 nitrogen and oxygen atoms in total. The van der Waals surface area contributed by atoms with Crippen molar-refractivity contribution in [1.82, 2.24) is 10.3 Å². The SMILES string of the molecule is CCN(c1nc(C2CC2)c(CNCCOC)s1)C1CC1. The molecule has 0 saturated heterocycles. The maximum absolute atomic E-state index is 5.09. The van der Waals surface area contributed by atoms with Crippen LogP contribution >= 0.6 is 11.3 Å². The number of nitrogens with one attached hydrogen (secondary N) is 1. The number of rotatable bonds is 9. The molecule has 112 valence electrons. The third-order valence-corrected chi connectivity index (χ3v) is 5.13. The molecule has 1 aromatic rings. The molecule has 5 heteroatoms. The van der Waals surface area contributed by atoms with E-state index in [0.717, 1.165) is 38.2 Å². The van der Waals surface area contributed by atoms with Crippen molar-refractivity contribution in [3.8, 4) is 0 Å². The Morgan fingerprint density at radius 3 is 2.75 bits per heavy atom. The number of hydrogen-bond donors (Lipinski definition) is 1. The molecule has 0 aliphatic heterocycles. The number of methoxy groups -OCH3 is 1. The van der Waals surface area contributed by atoms with Crippen LogP contribution < -0.4 is 10.2 Å². The van der Waals surface area contributed by atoms with E-state index >= 15 is 0 Å². The lowest BCUT2D eigenvalue weighted by molar-refractivity contribution is 0.199. The minimum atomic E-state index is 0.733. The minimum absolute atomic E-state index is 0.733. The van der Waals surface area contributed by atoms with Crippen LogP contribution in [0.5, 0.6) is 0 Å². The molecule has 0 amide bonds. The summed E-state index contributed by atoms with van der Waals surface area (Å²) in [6.45, 7) is 5.95. The van der Waals surface area contributed by atoms with Crippen molar-refractivity contribution in [1.29, 1.82) is 0 Å². The Bertz CT molecular complexity index is 440. The van der Waals surface area contributed by atoms with Gasteiger partial charge in [0, 0.05) is 43.6 Å². The summed E-state index contributed by atoms with van der Waals surface area (Å²) in [4.78, 5) is 8.91. The highest BCUT2D eigenvalue weighted by molar-refractivity contribution is 7.15. The van der Waals surface area contributed by atoms with E-state index in [2.05, 4.69) is 17.1 Å². The third kappa shape index (κ3) is 3.32. The van der Waals surface area contributed by atoms with E-state index in [1.54, 1.807) is 7.11 Å². The Labute approximate surface area is 125 Å². The summed E-state index contributed by atoms with van der Waals surface area (Å²) in [6, 6.07) is 0.757. The summed E-state index contributed by atoms with van der Waals surface area (Å²) in [6.07, 6.45) is 5.33. The standard InChI is InChI=1S/C15H25N3OS/c1-3-18(12-6-7-12)15-17-14(11-4-5-11)13(20-15)10-16-8-9-19-2/h11-12,16H,3-10H2,1-2H3. The predicted octanol–water partition coefficient (Wildman–Crippen LogP) is 2.75. The molecule has 1 N–H and O–H groups in total. The average molecular weight is 295 g/mol. The van der Waals surface area contributed by atoms with Gasteiger partial charge in [0.05, 0.1) is 12.3 Å². The molecule has 3 rings (SSSR count). The second kappa shape index (κ2) is 6.41. The van der Waals surface area contributed by atoms with Crippen molar-refractivity contribution in [2.45, 2.75) is 51.1 Å². The van der Waals surface area contributed by atoms with Crippen LogP contribution in [-0.4, -0.2) is 37.8 Å². The monoisotopic (exact) mass is 295 g/mol.